The van der Waals surface area contributed by atoms with Crippen LogP contribution in [0.3, 0.4) is 0 Å². The predicted molar refractivity (Wildman–Crippen MR) is 92.6 cm³/mol. The first kappa shape index (κ1) is 17.8. The van der Waals surface area contributed by atoms with Crippen LogP contribution in [0.4, 0.5) is 8.78 Å². The van der Waals surface area contributed by atoms with Crippen molar-refractivity contribution in [1.29, 1.82) is 0 Å². The van der Waals surface area contributed by atoms with Gasteiger partial charge >= 0.3 is 5.76 Å². The zero-order valence-electron chi connectivity index (χ0n) is 14.2. The average Bonchev–Trinajstić information content (AvgIpc) is 2.93. The molecule has 3 rings (SSSR count). The molecule has 2 aromatic carbocycles. The van der Waals surface area contributed by atoms with E-state index in [1.165, 1.54) is 10.6 Å². The smallest absolute Gasteiger partial charge is 0.408 e. The summed E-state index contributed by atoms with van der Waals surface area (Å²) < 4.78 is 32.9. The molecule has 0 fully saturated rings. The Labute approximate surface area is 148 Å². The summed E-state index contributed by atoms with van der Waals surface area (Å²) in [5, 5.41) is 2.74. The van der Waals surface area contributed by atoms with Gasteiger partial charge in [0, 0.05) is 13.0 Å². The normalized spacial score (nSPS) is 12.3. The second-order valence-electron chi connectivity index (χ2n) is 6.05. The minimum absolute atomic E-state index is 0.194. The van der Waals surface area contributed by atoms with Gasteiger partial charge in [-0.05, 0) is 43.2 Å². The van der Waals surface area contributed by atoms with Crippen molar-refractivity contribution in [2.75, 3.05) is 0 Å². The lowest BCUT2D eigenvalue weighted by atomic mass is 10.1. The minimum atomic E-state index is -0.949. The number of rotatable bonds is 6. The average molecular weight is 360 g/mol. The molecular formula is C19H18F2N2O3. The molecule has 1 aromatic heterocycles. The van der Waals surface area contributed by atoms with Gasteiger partial charge in [-0.1, -0.05) is 18.2 Å². The number of nitrogens with zero attached hydrogens (tertiary/aromatic N) is 1. The van der Waals surface area contributed by atoms with Crippen LogP contribution in [-0.4, -0.2) is 10.5 Å². The summed E-state index contributed by atoms with van der Waals surface area (Å²) in [6.45, 7) is 2.04. The van der Waals surface area contributed by atoms with E-state index in [1.807, 2.05) is 6.07 Å². The lowest BCUT2D eigenvalue weighted by Crippen LogP contribution is -2.27. The number of benzene rings is 2. The molecule has 26 heavy (non-hydrogen) atoms. The number of amides is 1. The van der Waals surface area contributed by atoms with Gasteiger partial charge in [-0.25, -0.2) is 13.6 Å². The first-order valence-electron chi connectivity index (χ1n) is 8.28. The Balaban J connectivity index is 1.56. The van der Waals surface area contributed by atoms with E-state index < -0.39 is 23.4 Å². The number of aryl methyl sites for hydroxylation is 1. The molecule has 3 aromatic rings. The second kappa shape index (κ2) is 7.51. The molecule has 0 bridgehead atoms. The third kappa shape index (κ3) is 3.82. The SMILES string of the molecule is CC(NC(=O)CCCn1c(=O)oc2ccccc21)c1ccc(F)c(F)c1. The number of para-hydroxylation sites is 2. The molecule has 1 unspecified atom stereocenters. The summed E-state index contributed by atoms with van der Waals surface area (Å²) in [4.78, 5) is 23.9. The van der Waals surface area contributed by atoms with Gasteiger partial charge in [0.05, 0.1) is 11.6 Å². The van der Waals surface area contributed by atoms with Gasteiger partial charge in [0.25, 0.3) is 0 Å². The molecule has 0 aliphatic rings. The number of fused-ring (bicyclic) bond motifs is 1. The van der Waals surface area contributed by atoms with Crippen molar-refractivity contribution in [1.82, 2.24) is 9.88 Å². The molecule has 0 radical (unpaired) electrons. The zero-order valence-corrected chi connectivity index (χ0v) is 14.2. The van der Waals surface area contributed by atoms with Crippen molar-refractivity contribution in [3.8, 4) is 0 Å². The van der Waals surface area contributed by atoms with Crippen molar-refractivity contribution < 1.29 is 18.0 Å². The van der Waals surface area contributed by atoms with Crippen molar-refractivity contribution >= 4 is 17.0 Å². The fraction of sp³-hybridized carbons (Fsp3) is 0.263. The Morgan fingerprint density at radius 3 is 2.73 bits per heavy atom. The number of aromatic nitrogens is 1. The van der Waals surface area contributed by atoms with Crippen LogP contribution in [0.15, 0.2) is 51.7 Å². The molecule has 1 N–H and O–H groups in total. The van der Waals surface area contributed by atoms with Crippen LogP contribution in [0, 0.1) is 11.6 Å². The highest BCUT2D eigenvalue weighted by atomic mass is 19.2. The maximum atomic E-state index is 13.3. The summed E-state index contributed by atoms with van der Waals surface area (Å²) in [6, 6.07) is 10.2. The van der Waals surface area contributed by atoms with Crippen molar-refractivity contribution in [2.45, 2.75) is 32.4 Å². The zero-order chi connectivity index (χ0) is 18.7. The summed E-state index contributed by atoms with van der Waals surface area (Å²) in [7, 11) is 0. The quantitative estimate of drug-likeness (QED) is 0.731. The number of halogens is 2. The summed E-state index contributed by atoms with van der Waals surface area (Å²) in [5.74, 6) is -2.57. The van der Waals surface area contributed by atoms with Crippen LogP contribution in [0.1, 0.15) is 31.4 Å². The number of oxazole rings is 1. The maximum Gasteiger partial charge on any atom is 0.419 e. The van der Waals surface area contributed by atoms with E-state index >= 15 is 0 Å². The predicted octanol–water partition coefficient (Wildman–Crippen LogP) is 3.53. The molecule has 1 atom stereocenters. The minimum Gasteiger partial charge on any atom is -0.408 e. The Morgan fingerprint density at radius 1 is 1.19 bits per heavy atom. The molecule has 0 aliphatic heterocycles. The maximum absolute atomic E-state index is 13.3. The standard InChI is InChI=1S/C19H18F2N2O3/c1-12(13-8-9-14(20)15(21)11-13)22-18(24)7-4-10-23-16-5-2-3-6-17(16)26-19(23)25/h2-3,5-6,8-9,11-12H,4,7,10H2,1H3,(H,22,24). The molecule has 0 saturated carbocycles. The number of nitrogens with one attached hydrogen (secondary N) is 1. The highest BCUT2D eigenvalue weighted by molar-refractivity contribution is 5.76. The van der Waals surface area contributed by atoms with Crippen LogP contribution in [0.2, 0.25) is 0 Å². The summed E-state index contributed by atoms with van der Waals surface area (Å²) >= 11 is 0. The second-order valence-corrected chi connectivity index (χ2v) is 6.05. The van der Waals surface area contributed by atoms with E-state index in [-0.39, 0.29) is 12.3 Å². The molecule has 0 spiro atoms. The highest BCUT2D eigenvalue weighted by Gasteiger charge is 2.13. The largest absolute Gasteiger partial charge is 0.419 e. The van der Waals surface area contributed by atoms with Gasteiger partial charge in [0.2, 0.25) is 5.91 Å². The monoisotopic (exact) mass is 360 g/mol. The van der Waals surface area contributed by atoms with Crippen molar-refractivity contribution in [3.63, 3.8) is 0 Å². The highest BCUT2D eigenvalue weighted by Crippen LogP contribution is 2.16. The lowest BCUT2D eigenvalue weighted by Gasteiger charge is -2.14. The molecule has 7 heteroatoms. The summed E-state index contributed by atoms with van der Waals surface area (Å²) in [6.07, 6.45) is 0.639. The fourth-order valence-electron chi connectivity index (χ4n) is 2.80. The summed E-state index contributed by atoms with van der Waals surface area (Å²) in [5.41, 5.74) is 1.68. The Bertz CT molecular complexity index is 994. The Morgan fingerprint density at radius 2 is 1.96 bits per heavy atom. The Hall–Kier alpha value is -2.96. The van der Waals surface area contributed by atoms with Crippen LogP contribution < -0.4 is 11.1 Å². The van der Waals surface area contributed by atoms with E-state index in [2.05, 4.69) is 5.32 Å². The van der Waals surface area contributed by atoms with E-state index in [4.69, 9.17) is 4.42 Å². The Kier molecular flexibility index (Phi) is 5.16. The van der Waals surface area contributed by atoms with Gasteiger partial charge in [-0.2, -0.15) is 0 Å². The number of carbonyl (C=O) groups excluding carboxylic acids is 1. The molecule has 1 amide bonds. The molecule has 0 aliphatic carbocycles. The van der Waals surface area contributed by atoms with Crippen molar-refractivity contribution in [2.24, 2.45) is 0 Å². The van der Waals surface area contributed by atoms with Crippen LogP contribution in [0.25, 0.3) is 11.1 Å². The first-order chi connectivity index (χ1) is 12.5. The molecule has 136 valence electrons. The van der Waals surface area contributed by atoms with Gasteiger partial charge < -0.3 is 9.73 Å². The number of carbonyl (C=O) groups is 1. The van der Waals surface area contributed by atoms with Gasteiger partial charge in [0.15, 0.2) is 17.2 Å². The van der Waals surface area contributed by atoms with Gasteiger partial charge in [-0.15, -0.1) is 0 Å². The topological polar surface area (TPSA) is 64.2 Å². The van der Waals surface area contributed by atoms with Crippen LogP contribution >= 0.6 is 0 Å². The van der Waals surface area contributed by atoms with Crippen molar-refractivity contribution in [3.05, 3.63) is 70.2 Å². The van der Waals surface area contributed by atoms with Gasteiger partial charge in [0.1, 0.15) is 0 Å². The molecule has 5 nitrogen and oxygen atoms in total. The molecule has 1 heterocycles. The fourth-order valence-corrected chi connectivity index (χ4v) is 2.80. The molecule has 0 saturated heterocycles. The van der Waals surface area contributed by atoms with Crippen LogP contribution in [-0.2, 0) is 11.3 Å². The third-order valence-electron chi connectivity index (χ3n) is 4.18. The lowest BCUT2D eigenvalue weighted by molar-refractivity contribution is -0.121. The third-order valence-corrected chi connectivity index (χ3v) is 4.18. The van der Waals surface area contributed by atoms with E-state index in [0.717, 1.165) is 12.1 Å². The van der Waals surface area contributed by atoms with Gasteiger partial charge in [-0.3, -0.25) is 9.36 Å². The van der Waals surface area contributed by atoms with E-state index in [0.29, 0.717) is 29.6 Å². The molecular weight excluding hydrogens is 342 g/mol. The van der Waals surface area contributed by atoms with E-state index in [1.54, 1.807) is 25.1 Å². The first-order valence-corrected chi connectivity index (χ1v) is 8.28. The van der Waals surface area contributed by atoms with Crippen LogP contribution in [0.5, 0.6) is 0 Å². The van der Waals surface area contributed by atoms with E-state index in [9.17, 15) is 18.4 Å². The number of hydrogen-bond acceptors (Lipinski definition) is 3. The number of hydrogen-bond donors (Lipinski definition) is 1.